The molecule has 0 aromatic heterocycles. The maximum Gasteiger partial charge on any atom is 0.416 e. The average Bonchev–Trinajstić information content (AvgIpc) is 2.78. The summed E-state index contributed by atoms with van der Waals surface area (Å²) < 4.78 is 38.9. The number of amides is 2. The van der Waals surface area contributed by atoms with E-state index in [9.17, 15) is 22.8 Å². The highest BCUT2D eigenvalue weighted by molar-refractivity contribution is 6.30. The van der Waals surface area contributed by atoms with Gasteiger partial charge in [0.15, 0.2) is 0 Å². The molecule has 2 aromatic carbocycles. The van der Waals surface area contributed by atoms with Gasteiger partial charge < -0.3 is 10.2 Å². The molecule has 172 valence electrons. The summed E-state index contributed by atoms with van der Waals surface area (Å²) in [4.78, 5) is 26.9. The second kappa shape index (κ2) is 9.94. The van der Waals surface area contributed by atoms with Crippen LogP contribution in [0.5, 0.6) is 0 Å². The van der Waals surface area contributed by atoms with E-state index in [4.69, 9.17) is 11.6 Å². The molecule has 0 radical (unpaired) electrons. The molecule has 1 unspecified atom stereocenters. The van der Waals surface area contributed by atoms with Crippen LogP contribution in [0.15, 0.2) is 48.5 Å². The van der Waals surface area contributed by atoms with Crippen molar-refractivity contribution >= 4 is 29.1 Å². The number of hydrogen-bond acceptors (Lipinski definition) is 2. The van der Waals surface area contributed by atoms with Gasteiger partial charge in [-0.25, -0.2) is 0 Å². The molecule has 1 aliphatic carbocycles. The molecule has 1 saturated carbocycles. The Morgan fingerprint density at radius 2 is 1.69 bits per heavy atom. The maximum atomic E-state index is 13.0. The van der Waals surface area contributed by atoms with Gasteiger partial charge in [-0.15, -0.1) is 0 Å². The van der Waals surface area contributed by atoms with Crippen LogP contribution in [-0.2, 0) is 11.0 Å². The lowest BCUT2D eigenvalue weighted by Crippen LogP contribution is -2.41. The third kappa shape index (κ3) is 5.82. The fraction of sp³-hybridized carbons (Fsp3) is 0.417. The molecule has 2 amide bonds. The van der Waals surface area contributed by atoms with E-state index in [0.29, 0.717) is 23.6 Å². The predicted octanol–water partition coefficient (Wildman–Crippen LogP) is 6.26. The zero-order chi connectivity index (χ0) is 23.5. The Kier molecular flexibility index (Phi) is 7.49. The SMILES string of the molecule is CC(C(=O)Nc1ccc(Cl)cc1)C1CCC(N(C)C(=O)c2cccc(C(F)(F)F)c2)CC1. The Morgan fingerprint density at radius 1 is 1.06 bits per heavy atom. The molecule has 0 bridgehead atoms. The van der Waals surface area contributed by atoms with Crippen LogP contribution >= 0.6 is 11.6 Å². The van der Waals surface area contributed by atoms with Crippen molar-refractivity contribution in [3.8, 4) is 0 Å². The predicted molar refractivity (Wildman–Crippen MR) is 119 cm³/mol. The molecule has 1 N–H and O–H groups in total. The molecule has 0 spiro atoms. The standard InChI is InChI=1S/C24H26ClF3N2O2/c1-15(22(31)29-20-10-8-19(25)9-11-20)16-6-12-21(13-7-16)30(2)23(32)17-4-3-5-18(14-17)24(26,27)28/h3-5,8-11,14-16,21H,6-7,12-13H2,1-2H3,(H,29,31). The van der Waals surface area contributed by atoms with Crippen LogP contribution in [0.4, 0.5) is 18.9 Å². The van der Waals surface area contributed by atoms with Crippen molar-refractivity contribution in [2.75, 3.05) is 12.4 Å². The average molecular weight is 467 g/mol. The molecular weight excluding hydrogens is 441 g/mol. The van der Waals surface area contributed by atoms with Crippen molar-refractivity contribution in [1.29, 1.82) is 0 Å². The molecule has 0 heterocycles. The van der Waals surface area contributed by atoms with Crippen molar-refractivity contribution in [3.63, 3.8) is 0 Å². The van der Waals surface area contributed by atoms with Gasteiger partial charge in [0.05, 0.1) is 5.56 Å². The summed E-state index contributed by atoms with van der Waals surface area (Å²) in [6.45, 7) is 1.90. The van der Waals surface area contributed by atoms with Crippen molar-refractivity contribution in [3.05, 3.63) is 64.7 Å². The third-order valence-electron chi connectivity index (χ3n) is 6.28. The van der Waals surface area contributed by atoms with Crippen LogP contribution in [0.3, 0.4) is 0 Å². The van der Waals surface area contributed by atoms with Crippen LogP contribution < -0.4 is 5.32 Å². The highest BCUT2D eigenvalue weighted by atomic mass is 35.5. The van der Waals surface area contributed by atoms with Crippen molar-refractivity contribution in [2.45, 2.75) is 44.8 Å². The van der Waals surface area contributed by atoms with Gasteiger partial charge in [0.1, 0.15) is 0 Å². The highest BCUT2D eigenvalue weighted by Gasteiger charge is 2.34. The lowest BCUT2D eigenvalue weighted by molar-refractivity contribution is -0.137. The van der Waals surface area contributed by atoms with Gasteiger partial charge in [0.25, 0.3) is 5.91 Å². The number of hydrogen-bond donors (Lipinski definition) is 1. The maximum absolute atomic E-state index is 13.0. The van der Waals surface area contributed by atoms with Gasteiger partial charge in [-0.3, -0.25) is 9.59 Å². The number of alkyl halides is 3. The summed E-state index contributed by atoms with van der Waals surface area (Å²) in [6, 6.07) is 11.4. The molecule has 32 heavy (non-hydrogen) atoms. The number of anilines is 1. The molecule has 0 saturated heterocycles. The molecule has 1 aliphatic rings. The topological polar surface area (TPSA) is 49.4 Å². The number of nitrogens with zero attached hydrogens (tertiary/aromatic N) is 1. The third-order valence-corrected chi connectivity index (χ3v) is 6.53. The van der Waals surface area contributed by atoms with E-state index in [1.165, 1.54) is 17.0 Å². The Morgan fingerprint density at radius 3 is 2.28 bits per heavy atom. The summed E-state index contributed by atoms with van der Waals surface area (Å²) >= 11 is 5.87. The summed E-state index contributed by atoms with van der Waals surface area (Å²) in [6.07, 6.45) is -1.56. The first-order valence-corrected chi connectivity index (χ1v) is 10.9. The first-order valence-electron chi connectivity index (χ1n) is 10.6. The van der Waals surface area contributed by atoms with Gasteiger partial charge >= 0.3 is 6.18 Å². The van der Waals surface area contributed by atoms with Gasteiger partial charge in [0, 0.05) is 35.3 Å². The zero-order valence-electron chi connectivity index (χ0n) is 18.0. The lowest BCUT2D eigenvalue weighted by Gasteiger charge is -2.36. The molecule has 4 nitrogen and oxygen atoms in total. The van der Waals surface area contributed by atoms with E-state index in [1.807, 2.05) is 6.92 Å². The molecule has 3 rings (SSSR count). The normalized spacial score (nSPS) is 19.8. The van der Waals surface area contributed by atoms with Crippen molar-refractivity contribution < 1.29 is 22.8 Å². The Hall–Kier alpha value is -2.54. The smallest absolute Gasteiger partial charge is 0.339 e. The number of nitrogens with one attached hydrogen (secondary N) is 1. The lowest BCUT2D eigenvalue weighted by atomic mass is 9.78. The Balaban J connectivity index is 1.56. The highest BCUT2D eigenvalue weighted by Crippen LogP contribution is 2.34. The number of carbonyl (C=O) groups excluding carboxylic acids is 2. The van der Waals surface area contributed by atoms with Crippen LogP contribution in [0, 0.1) is 11.8 Å². The molecule has 0 aliphatic heterocycles. The summed E-state index contributed by atoms with van der Waals surface area (Å²) in [7, 11) is 1.63. The summed E-state index contributed by atoms with van der Waals surface area (Å²) in [5, 5.41) is 3.50. The van der Waals surface area contributed by atoms with Crippen molar-refractivity contribution in [2.24, 2.45) is 11.8 Å². The second-order valence-corrected chi connectivity index (χ2v) is 8.78. The quantitative estimate of drug-likeness (QED) is 0.565. The van der Waals surface area contributed by atoms with Gasteiger partial charge in [-0.05, 0) is 74.1 Å². The van der Waals surface area contributed by atoms with Crippen LogP contribution in [0.2, 0.25) is 5.02 Å². The molecule has 8 heteroatoms. The Labute approximate surface area is 190 Å². The fourth-order valence-electron chi connectivity index (χ4n) is 4.19. The zero-order valence-corrected chi connectivity index (χ0v) is 18.7. The molecule has 2 aromatic rings. The van der Waals surface area contributed by atoms with E-state index >= 15 is 0 Å². The number of halogens is 4. The van der Waals surface area contributed by atoms with Crippen LogP contribution in [0.1, 0.15) is 48.5 Å². The van der Waals surface area contributed by atoms with E-state index in [-0.39, 0.29) is 29.3 Å². The van der Waals surface area contributed by atoms with Crippen LogP contribution in [0.25, 0.3) is 0 Å². The van der Waals surface area contributed by atoms with Gasteiger partial charge in [0.2, 0.25) is 5.91 Å². The largest absolute Gasteiger partial charge is 0.416 e. The molecule has 1 atom stereocenters. The van der Waals surface area contributed by atoms with E-state index in [2.05, 4.69) is 5.32 Å². The fourth-order valence-corrected chi connectivity index (χ4v) is 4.32. The number of rotatable bonds is 5. The van der Waals surface area contributed by atoms with Gasteiger partial charge in [-0.1, -0.05) is 24.6 Å². The van der Waals surface area contributed by atoms with Crippen LogP contribution in [-0.4, -0.2) is 29.8 Å². The minimum Gasteiger partial charge on any atom is -0.339 e. The van der Waals surface area contributed by atoms with Gasteiger partial charge in [-0.2, -0.15) is 13.2 Å². The first kappa shape index (κ1) is 24.1. The molecular formula is C24H26ClF3N2O2. The second-order valence-electron chi connectivity index (χ2n) is 8.35. The minimum atomic E-state index is -4.49. The first-order chi connectivity index (χ1) is 15.1. The van der Waals surface area contributed by atoms with Crippen molar-refractivity contribution in [1.82, 2.24) is 4.90 Å². The van der Waals surface area contributed by atoms with E-state index < -0.39 is 17.6 Å². The summed E-state index contributed by atoms with van der Waals surface area (Å²) in [5.41, 5.74) is -0.118. The summed E-state index contributed by atoms with van der Waals surface area (Å²) in [5.74, 6) is -0.510. The number of benzene rings is 2. The Bertz CT molecular complexity index is 954. The monoisotopic (exact) mass is 466 g/mol. The minimum absolute atomic E-state index is 0.0279. The molecule has 1 fully saturated rings. The van der Waals surface area contributed by atoms with E-state index in [1.54, 1.807) is 31.3 Å². The van der Waals surface area contributed by atoms with E-state index in [0.717, 1.165) is 25.0 Å². The number of carbonyl (C=O) groups is 2.